The van der Waals surface area contributed by atoms with E-state index in [2.05, 4.69) is 0 Å². The molecular formula is C17H26O5. The standard InChI is InChI=1S/C17H26O5/c1-16(2,3)9-7-10(13(19)14(20)15(21)22)12(18)11(8-9)17(4,5)6/h7-8,13-14,18-20H,1-6H3,(H,21,22). The summed E-state index contributed by atoms with van der Waals surface area (Å²) in [6.45, 7) is 11.7. The summed E-state index contributed by atoms with van der Waals surface area (Å²) < 4.78 is 0. The van der Waals surface area contributed by atoms with Crippen molar-refractivity contribution in [1.82, 2.24) is 0 Å². The SMILES string of the molecule is CC(C)(C)c1cc(C(O)C(O)C(=O)O)c(O)c(C(C)(C)C)c1. The molecule has 2 atom stereocenters. The van der Waals surface area contributed by atoms with Gasteiger partial charge in [-0.05, 0) is 28.0 Å². The number of phenols is 1. The van der Waals surface area contributed by atoms with Gasteiger partial charge in [0, 0.05) is 5.56 Å². The van der Waals surface area contributed by atoms with Crippen LogP contribution in [0.1, 0.15) is 64.3 Å². The number of benzene rings is 1. The van der Waals surface area contributed by atoms with Crippen LogP contribution in [0.15, 0.2) is 12.1 Å². The highest BCUT2D eigenvalue weighted by Crippen LogP contribution is 2.40. The summed E-state index contributed by atoms with van der Waals surface area (Å²) in [6.07, 6.45) is -3.69. The average molecular weight is 310 g/mol. The Bertz CT molecular complexity index is 564. The van der Waals surface area contributed by atoms with Crippen LogP contribution < -0.4 is 0 Å². The lowest BCUT2D eigenvalue weighted by Gasteiger charge is -2.29. The fraction of sp³-hybridized carbons (Fsp3) is 0.588. The summed E-state index contributed by atoms with van der Waals surface area (Å²) >= 11 is 0. The van der Waals surface area contributed by atoms with Gasteiger partial charge < -0.3 is 20.4 Å². The summed E-state index contributed by atoms with van der Waals surface area (Å²) in [5.41, 5.74) is 0.838. The molecule has 0 bridgehead atoms. The van der Waals surface area contributed by atoms with E-state index in [-0.39, 0.29) is 16.7 Å². The lowest BCUT2D eigenvalue weighted by atomic mass is 9.78. The Morgan fingerprint density at radius 3 is 1.86 bits per heavy atom. The lowest BCUT2D eigenvalue weighted by molar-refractivity contribution is -0.153. The monoisotopic (exact) mass is 310 g/mol. The van der Waals surface area contributed by atoms with Crippen molar-refractivity contribution in [2.24, 2.45) is 0 Å². The van der Waals surface area contributed by atoms with Crippen LogP contribution in [0.2, 0.25) is 0 Å². The zero-order valence-electron chi connectivity index (χ0n) is 14.0. The van der Waals surface area contributed by atoms with Crippen LogP contribution >= 0.6 is 0 Å². The zero-order chi connectivity index (χ0) is 17.5. The average Bonchev–Trinajstić information content (AvgIpc) is 2.34. The first-order valence-electron chi connectivity index (χ1n) is 7.23. The van der Waals surface area contributed by atoms with Crippen LogP contribution in [0.4, 0.5) is 0 Å². The molecule has 0 amide bonds. The molecule has 0 aliphatic heterocycles. The van der Waals surface area contributed by atoms with Gasteiger partial charge in [-0.15, -0.1) is 0 Å². The smallest absolute Gasteiger partial charge is 0.335 e. The van der Waals surface area contributed by atoms with Crippen LogP contribution in [0, 0.1) is 0 Å². The topological polar surface area (TPSA) is 98.0 Å². The third-order valence-corrected chi connectivity index (χ3v) is 3.68. The summed E-state index contributed by atoms with van der Waals surface area (Å²) in [5.74, 6) is -1.71. The van der Waals surface area contributed by atoms with E-state index in [1.54, 1.807) is 6.07 Å². The summed E-state index contributed by atoms with van der Waals surface area (Å²) in [5, 5.41) is 39.1. The van der Waals surface area contributed by atoms with Gasteiger partial charge in [-0.3, -0.25) is 0 Å². The van der Waals surface area contributed by atoms with E-state index in [1.807, 2.05) is 47.6 Å². The molecule has 0 saturated carbocycles. The quantitative estimate of drug-likeness (QED) is 0.687. The van der Waals surface area contributed by atoms with Crippen molar-refractivity contribution in [3.8, 4) is 5.75 Å². The summed E-state index contributed by atoms with van der Waals surface area (Å²) in [7, 11) is 0. The van der Waals surface area contributed by atoms with Crippen molar-refractivity contribution in [2.45, 2.75) is 64.6 Å². The van der Waals surface area contributed by atoms with Crippen molar-refractivity contribution in [2.75, 3.05) is 0 Å². The van der Waals surface area contributed by atoms with Crippen LogP contribution in [-0.2, 0) is 15.6 Å². The molecule has 0 aliphatic rings. The highest BCUT2D eigenvalue weighted by Gasteiger charge is 2.32. The fourth-order valence-corrected chi connectivity index (χ4v) is 2.19. The number of aromatic hydroxyl groups is 1. The first-order chi connectivity index (χ1) is 9.76. The van der Waals surface area contributed by atoms with E-state index in [4.69, 9.17) is 5.11 Å². The van der Waals surface area contributed by atoms with Gasteiger partial charge >= 0.3 is 5.97 Å². The molecule has 4 N–H and O–H groups in total. The number of carboxylic acid groups (broad SMARTS) is 1. The normalized spacial score (nSPS) is 15.5. The molecule has 0 fully saturated rings. The molecule has 0 aromatic heterocycles. The maximum absolute atomic E-state index is 10.9. The van der Waals surface area contributed by atoms with Gasteiger partial charge in [-0.25, -0.2) is 4.79 Å². The Kier molecular flexibility index (Phi) is 4.94. The Balaban J connectivity index is 3.60. The van der Waals surface area contributed by atoms with Crippen molar-refractivity contribution < 1.29 is 25.2 Å². The maximum atomic E-state index is 10.9. The predicted octanol–water partition coefficient (Wildman–Crippen LogP) is 2.47. The van der Waals surface area contributed by atoms with Crippen molar-refractivity contribution >= 4 is 5.97 Å². The summed E-state index contributed by atoms with van der Waals surface area (Å²) in [4.78, 5) is 10.9. The number of carboxylic acids is 1. The first kappa shape index (κ1) is 18.5. The lowest BCUT2D eigenvalue weighted by Crippen LogP contribution is -2.28. The number of aliphatic hydroxyl groups excluding tert-OH is 2. The van der Waals surface area contributed by atoms with Crippen LogP contribution in [0.5, 0.6) is 5.75 Å². The third-order valence-electron chi connectivity index (χ3n) is 3.68. The number of hydrogen-bond acceptors (Lipinski definition) is 4. The molecule has 0 heterocycles. The first-order valence-corrected chi connectivity index (χ1v) is 7.23. The van der Waals surface area contributed by atoms with Gasteiger partial charge in [0.15, 0.2) is 6.10 Å². The molecule has 1 aromatic rings. The molecule has 2 unspecified atom stereocenters. The van der Waals surface area contributed by atoms with Gasteiger partial charge in [0.05, 0.1) is 0 Å². The second kappa shape index (κ2) is 5.89. The van der Waals surface area contributed by atoms with Gasteiger partial charge in [0.1, 0.15) is 11.9 Å². The Morgan fingerprint density at radius 1 is 1.00 bits per heavy atom. The van der Waals surface area contributed by atoms with Crippen LogP contribution in [0.3, 0.4) is 0 Å². The molecule has 5 heteroatoms. The van der Waals surface area contributed by atoms with Gasteiger partial charge in [0.25, 0.3) is 0 Å². The van der Waals surface area contributed by atoms with E-state index >= 15 is 0 Å². The number of aliphatic hydroxyl groups is 2. The Hall–Kier alpha value is -1.59. The molecule has 1 rings (SSSR count). The largest absolute Gasteiger partial charge is 0.507 e. The molecule has 0 aliphatic carbocycles. The van der Waals surface area contributed by atoms with Crippen molar-refractivity contribution in [3.63, 3.8) is 0 Å². The van der Waals surface area contributed by atoms with Crippen molar-refractivity contribution in [1.29, 1.82) is 0 Å². The fourth-order valence-electron chi connectivity index (χ4n) is 2.19. The second-order valence-corrected chi connectivity index (χ2v) is 7.69. The minimum Gasteiger partial charge on any atom is -0.507 e. The summed E-state index contributed by atoms with van der Waals surface area (Å²) in [6, 6.07) is 3.42. The van der Waals surface area contributed by atoms with E-state index in [1.165, 1.54) is 0 Å². The van der Waals surface area contributed by atoms with Crippen LogP contribution in [-0.4, -0.2) is 32.5 Å². The third kappa shape index (κ3) is 3.78. The molecule has 22 heavy (non-hydrogen) atoms. The maximum Gasteiger partial charge on any atom is 0.335 e. The molecule has 1 aromatic carbocycles. The number of phenolic OH excluding ortho intramolecular Hbond substituents is 1. The molecule has 124 valence electrons. The molecule has 0 saturated heterocycles. The predicted molar refractivity (Wildman–Crippen MR) is 84.1 cm³/mol. The van der Waals surface area contributed by atoms with Gasteiger partial charge in [0.2, 0.25) is 0 Å². The Labute approximate surface area is 131 Å². The Morgan fingerprint density at radius 2 is 1.50 bits per heavy atom. The van der Waals surface area contributed by atoms with E-state index in [0.717, 1.165) is 5.56 Å². The van der Waals surface area contributed by atoms with Crippen LogP contribution in [0.25, 0.3) is 0 Å². The number of hydrogen-bond donors (Lipinski definition) is 4. The zero-order valence-corrected chi connectivity index (χ0v) is 14.0. The highest BCUT2D eigenvalue weighted by molar-refractivity contribution is 5.73. The van der Waals surface area contributed by atoms with Gasteiger partial charge in [-0.2, -0.15) is 0 Å². The number of rotatable bonds is 3. The minimum absolute atomic E-state index is 0.0345. The molecular weight excluding hydrogens is 284 g/mol. The van der Waals surface area contributed by atoms with E-state index in [9.17, 15) is 20.1 Å². The number of carbonyl (C=O) groups is 1. The van der Waals surface area contributed by atoms with E-state index < -0.39 is 23.6 Å². The molecule has 0 spiro atoms. The second-order valence-electron chi connectivity index (χ2n) is 7.69. The highest BCUT2D eigenvalue weighted by atomic mass is 16.4. The number of aliphatic carboxylic acids is 1. The molecule has 5 nitrogen and oxygen atoms in total. The van der Waals surface area contributed by atoms with E-state index in [0.29, 0.717) is 5.56 Å². The van der Waals surface area contributed by atoms with Gasteiger partial charge in [-0.1, -0.05) is 47.6 Å². The minimum atomic E-state index is -1.99. The van der Waals surface area contributed by atoms with Crippen molar-refractivity contribution in [3.05, 3.63) is 28.8 Å². The molecule has 0 radical (unpaired) electrons.